The maximum atomic E-state index is 12.2. The summed E-state index contributed by atoms with van der Waals surface area (Å²) < 4.78 is 25.8. The van der Waals surface area contributed by atoms with Crippen molar-refractivity contribution in [2.45, 2.75) is 30.6 Å². The summed E-state index contributed by atoms with van der Waals surface area (Å²) in [6.07, 6.45) is 2.28. The summed E-state index contributed by atoms with van der Waals surface area (Å²) >= 11 is 0. The molecular formula is C14H17N3O3S. The van der Waals surface area contributed by atoms with Gasteiger partial charge in [-0.2, -0.15) is 0 Å². The van der Waals surface area contributed by atoms with Crippen molar-refractivity contribution in [2.75, 3.05) is 5.75 Å². The van der Waals surface area contributed by atoms with Crippen LogP contribution in [-0.4, -0.2) is 39.5 Å². The third-order valence-corrected chi connectivity index (χ3v) is 6.13. The Kier molecular flexibility index (Phi) is 3.77. The molecule has 112 valence electrons. The Balaban J connectivity index is 1.96. The number of aromatic nitrogens is 3. The largest absolute Gasteiger partial charge is 0.385 e. The first-order valence-corrected chi connectivity index (χ1v) is 8.67. The third-order valence-electron chi connectivity index (χ3n) is 3.86. The predicted octanol–water partition coefficient (Wildman–Crippen LogP) is 1.27. The molecule has 0 amide bonds. The van der Waals surface area contributed by atoms with Gasteiger partial charge in [-0.3, -0.25) is 0 Å². The van der Waals surface area contributed by atoms with E-state index in [0.29, 0.717) is 18.5 Å². The Morgan fingerprint density at radius 1 is 1.24 bits per heavy atom. The highest BCUT2D eigenvalue weighted by Gasteiger charge is 2.37. The Bertz CT molecular complexity index is 712. The number of aliphatic hydroxyl groups is 1. The molecule has 1 aromatic carbocycles. The van der Waals surface area contributed by atoms with Gasteiger partial charge in [0.25, 0.3) is 0 Å². The van der Waals surface area contributed by atoms with Crippen molar-refractivity contribution in [1.82, 2.24) is 15.0 Å². The minimum absolute atomic E-state index is 0.141. The van der Waals surface area contributed by atoms with Crippen LogP contribution in [0.5, 0.6) is 0 Å². The average Bonchev–Trinajstić information content (AvgIpc) is 2.96. The number of sulfone groups is 1. The number of aliphatic hydroxyl groups excluding tert-OH is 1. The molecule has 0 saturated carbocycles. The average molecular weight is 307 g/mol. The molecule has 2 aromatic rings. The fourth-order valence-electron chi connectivity index (χ4n) is 2.74. The van der Waals surface area contributed by atoms with Gasteiger partial charge in [0.05, 0.1) is 28.6 Å². The summed E-state index contributed by atoms with van der Waals surface area (Å²) in [6, 6.07) is 9.25. The number of nitrogens with zero attached hydrogens (tertiary/aromatic N) is 3. The van der Waals surface area contributed by atoms with Crippen LogP contribution < -0.4 is 0 Å². The van der Waals surface area contributed by atoms with Gasteiger partial charge in [-0.1, -0.05) is 29.8 Å². The zero-order valence-corrected chi connectivity index (χ0v) is 12.3. The molecule has 7 heteroatoms. The molecule has 0 bridgehead atoms. The second-order valence-corrected chi connectivity index (χ2v) is 7.59. The molecule has 0 spiro atoms. The molecule has 21 heavy (non-hydrogen) atoms. The van der Waals surface area contributed by atoms with Gasteiger partial charge >= 0.3 is 0 Å². The quantitative estimate of drug-likeness (QED) is 0.923. The minimum atomic E-state index is -3.27. The van der Waals surface area contributed by atoms with Crippen molar-refractivity contribution in [2.24, 2.45) is 0 Å². The van der Waals surface area contributed by atoms with E-state index in [1.54, 1.807) is 0 Å². The molecule has 2 unspecified atom stereocenters. The first-order chi connectivity index (χ1) is 10.1. The molecule has 0 radical (unpaired) electrons. The molecule has 1 aromatic heterocycles. The number of hydrogen-bond acceptors (Lipinski definition) is 5. The van der Waals surface area contributed by atoms with Crippen LogP contribution in [0.15, 0.2) is 36.5 Å². The Hall–Kier alpha value is -1.73. The molecule has 6 nitrogen and oxygen atoms in total. The lowest BCUT2D eigenvalue weighted by Crippen LogP contribution is -2.34. The molecule has 3 rings (SSSR count). The molecule has 1 aliphatic rings. The van der Waals surface area contributed by atoms with Crippen LogP contribution in [0.2, 0.25) is 0 Å². The first kappa shape index (κ1) is 14.2. The fraction of sp³-hybridized carbons (Fsp3) is 0.429. The summed E-state index contributed by atoms with van der Waals surface area (Å²) in [6.45, 7) is 0. The summed E-state index contributed by atoms with van der Waals surface area (Å²) in [5, 5.41) is 17.5. The van der Waals surface area contributed by atoms with E-state index in [1.807, 2.05) is 30.3 Å². The van der Waals surface area contributed by atoms with Crippen molar-refractivity contribution in [1.29, 1.82) is 0 Å². The fourth-order valence-corrected chi connectivity index (χ4v) is 4.71. The van der Waals surface area contributed by atoms with E-state index in [0.717, 1.165) is 12.1 Å². The van der Waals surface area contributed by atoms with E-state index in [2.05, 4.69) is 10.3 Å². The molecule has 2 heterocycles. The normalized spacial score (nSPS) is 22.8. The molecule has 1 fully saturated rings. The van der Waals surface area contributed by atoms with Gasteiger partial charge in [0.2, 0.25) is 0 Å². The standard InChI is InChI=1S/C14H17N3O3S/c18-14(13-8-4-5-9-21(13,19)20)12-10-15-16-17(12)11-6-2-1-3-7-11/h1-3,6-7,10,13-14,18H,4-5,8-9H2. The van der Waals surface area contributed by atoms with E-state index >= 15 is 0 Å². The highest BCUT2D eigenvalue weighted by molar-refractivity contribution is 7.92. The molecule has 1 aliphatic heterocycles. The zero-order valence-electron chi connectivity index (χ0n) is 11.5. The van der Waals surface area contributed by atoms with Crippen LogP contribution in [0.25, 0.3) is 5.69 Å². The van der Waals surface area contributed by atoms with Crippen LogP contribution in [-0.2, 0) is 9.84 Å². The highest BCUT2D eigenvalue weighted by Crippen LogP contribution is 2.31. The lowest BCUT2D eigenvalue weighted by molar-refractivity contribution is 0.157. The summed E-state index contributed by atoms with van der Waals surface area (Å²) in [7, 11) is -3.27. The number of benzene rings is 1. The molecule has 0 aliphatic carbocycles. The maximum absolute atomic E-state index is 12.2. The van der Waals surface area contributed by atoms with Crippen molar-refractivity contribution in [3.8, 4) is 5.69 Å². The van der Waals surface area contributed by atoms with Crippen LogP contribution in [0, 0.1) is 0 Å². The van der Waals surface area contributed by atoms with Crippen LogP contribution in [0.3, 0.4) is 0 Å². The summed E-state index contributed by atoms with van der Waals surface area (Å²) in [5.41, 5.74) is 1.16. The number of rotatable bonds is 3. The molecule has 2 atom stereocenters. The van der Waals surface area contributed by atoms with Crippen molar-refractivity contribution in [3.63, 3.8) is 0 Å². The lowest BCUT2D eigenvalue weighted by Gasteiger charge is -2.26. The van der Waals surface area contributed by atoms with Gasteiger partial charge in [-0.25, -0.2) is 13.1 Å². The van der Waals surface area contributed by atoms with Gasteiger partial charge in [0, 0.05) is 0 Å². The van der Waals surface area contributed by atoms with E-state index in [9.17, 15) is 13.5 Å². The highest BCUT2D eigenvalue weighted by atomic mass is 32.2. The third kappa shape index (κ3) is 2.71. The summed E-state index contributed by atoms with van der Waals surface area (Å²) in [4.78, 5) is 0. The van der Waals surface area contributed by atoms with Crippen LogP contribution in [0.4, 0.5) is 0 Å². The van der Waals surface area contributed by atoms with Gasteiger partial charge in [-0.15, -0.1) is 5.10 Å². The molecule has 1 N–H and O–H groups in total. The smallest absolute Gasteiger partial charge is 0.156 e. The monoisotopic (exact) mass is 307 g/mol. The van der Waals surface area contributed by atoms with E-state index in [4.69, 9.17) is 0 Å². The topological polar surface area (TPSA) is 85.1 Å². The first-order valence-electron chi connectivity index (χ1n) is 6.95. The predicted molar refractivity (Wildman–Crippen MR) is 77.7 cm³/mol. The molecule has 1 saturated heterocycles. The van der Waals surface area contributed by atoms with Gasteiger partial charge in [-0.05, 0) is 25.0 Å². The van der Waals surface area contributed by atoms with Crippen LogP contribution in [0.1, 0.15) is 31.1 Å². The molecular weight excluding hydrogens is 290 g/mol. The van der Waals surface area contributed by atoms with E-state index < -0.39 is 21.2 Å². The SMILES string of the molecule is O=S1(=O)CCCCC1C(O)c1cnnn1-c1ccccc1. The van der Waals surface area contributed by atoms with E-state index in [-0.39, 0.29) is 5.75 Å². The number of para-hydroxylation sites is 1. The Labute approximate surface area is 123 Å². The number of hydrogen-bond donors (Lipinski definition) is 1. The minimum Gasteiger partial charge on any atom is -0.385 e. The second-order valence-electron chi connectivity index (χ2n) is 5.25. The van der Waals surface area contributed by atoms with Crippen molar-refractivity contribution in [3.05, 3.63) is 42.2 Å². The van der Waals surface area contributed by atoms with Gasteiger partial charge in [0.1, 0.15) is 6.10 Å². The maximum Gasteiger partial charge on any atom is 0.156 e. The Morgan fingerprint density at radius 2 is 2.00 bits per heavy atom. The Morgan fingerprint density at radius 3 is 2.71 bits per heavy atom. The van der Waals surface area contributed by atoms with Gasteiger partial charge in [0.15, 0.2) is 9.84 Å². The zero-order chi connectivity index (χ0) is 14.9. The lowest BCUT2D eigenvalue weighted by atomic mass is 10.1. The van der Waals surface area contributed by atoms with Gasteiger partial charge < -0.3 is 5.11 Å². The summed E-state index contributed by atoms with van der Waals surface area (Å²) in [5.74, 6) is 0.141. The van der Waals surface area contributed by atoms with Crippen LogP contribution >= 0.6 is 0 Å². The van der Waals surface area contributed by atoms with E-state index in [1.165, 1.54) is 10.9 Å². The van der Waals surface area contributed by atoms with Crippen molar-refractivity contribution < 1.29 is 13.5 Å². The second kappa shape index (κ2) is 5.57. The van der Waals surface area contributed by atoms with Crippen molar-refractivity contribution >= 4 is 9.84 Å².